The van der Waals surface area contributed by atoms with Gasteiger partial charge in [-0.3, -0.25) is 0 Å². The Morgan fingerprint density at radius 2 is 2.14 bits per heavy atom. The van der Waals surface area contributed by atoms with Gasteiger partial charge in [-0.15, -0.1) is 0 Å². The van der Waals surface area contributed by atoms with E-state index in [2.05, 4.69) is 16.9 Å². The highest BCUT2D eigenvalue weighted by atomic mass is 16.6. The third kappa shape index (κ3) is 3.92. The number of azide groups is 1. The molecule has 0 saturated carbocycles. The number of hydrogen-bond acceptors (Lipinski definition) is 3. The molecule has 0 N–H and O–H groups in total. The molecular formula is C16H22N4O2. The topological polar surface area (TPSA) is 78.3 Å². The maximum Gasteiger partial charge on any atom is 0.409 e. The number of nitrogens with zero attached hydrogens (tertiary/aromatic N) is 4. The van der Waals surface area contributed by atoms with Gasteiger partial charge in [0.15, 0.2) is 0 Å². The molecule has 1 aromatic carbocycles. The Balaban J connectivity index is 2.07. The van der Waals surface area contributed by atoms with E-state index in [1.54, 1.807) is 4.90 Å². The van der Waals surface area contributed by atoms with E-state index in [0.717, 1.165) is 18.4 Å². The summed E-state index contributed by atoms with van der Waals surface area (Å²) < 4.78 is 5.25. The molecule has 2 unspecified atom stereocenters. The Morgan fingerprint density at radius 3 is 2.77 bits per heavy atom. The van der Waals surface area contributed by atoms with Crippen LogP contribution in [0.1, 0.15) is 36.8 Å². The van der Waals surface area contributed by atoms with Crippen molar-refractivity contribution in [3.63, 3.8) is 0 Å². The fourth-order valence-corrected chi connectivity index (χ4v) is 2.66. The van der Waals surface area contributed by atoms with Crippen molar-refractivity contribution >= 4 is 6.09 Å². The summed E-state index contributed by atoms with van der Waals surface area (Å²) in [5.74, 6) is 0.0234. The standard InChI is InChI=1S/C16H22N4O2/c1-3-4-9-22-16(21)20-10-14(15(11-20)18-19-17)13-7-5-12(2)6-8-13/h5-8,14-15H,3-4,9-11H2,1-2H3. The van der Waals surface area contributed by atoms with Gasteiger partial charge >= 0.3 is 6.09 Å². The average molecular weight is 302 g/mol. The van der Waals surface area contributed by atoms with Crippen molar-refractivity contribution in [3.05, 3.63) is 45.8 Å². The van der Waals surface area contributed by atoms with E-state index >= 15 is 0 Å². The normalized spacial score (nSPS) is 20.5. The maximum absolute atomic E-state index is 12.1. The van der Waals surface area contributed by atoms with Gasteiger partial charge in [0, 0.05) is 23.9 Å². The number of carbonyl (C=O) groups is 1. The van der Waals surface area contributed by atoms with Crippen LogP contribution in [0.2, 0.25) is 0 Å². The van der Waals surface area contributed by atoms with E-state index in [-0.39, 0.29) is 18.1 Å². The Kier molecular flexibility index (Phi) is 5.67. The van der Waals surface area contributed by atoms with Crippen LogP contribution in [-0.4, -0.2) is 36.7 Å². The average Bonchev–Trinajstić information content (AvgIpc) is 2.93. The Hall–Kier alpha value is -2.20. The second-order valence-corrected chi connectivity index (χ2v) is 5.66. The molecule has 1 heterocycles. The smallest absolute Gasteiger partial charge is 0.409 e. The van der Waals surface area contributed by atoms with Gasteiger partial charge in [-0.05, 0) is 24.4 Å². The van der Waals surface area contributed by atoms with Crippen molar-refractivity contribution in [2.24, 2.45) is 5.11 Å². The van der Waals surface area contributed by atoms with Crippen LogP contribution >= 0.6 is 0 Å². The minimum atomic E-state index is -0.318. The van der Waals surface area contributed by atoms with Gasteiger partial charge in [0.1, 0.15) is 0 Å². The van der Waals surface area contributed by atoms with E-state index < -0.39 is 0 Å². The molecule has 22 heavy (non-hydrogen) atoms. The van der Waals surface area contributed by atoms with Crippen molar-refractivity contribution in [3.8, 4) is 0 Å². The van der Waals surface area contributed by atoms with Crippen LogP contribution < -0.4 is 0 Å². The minimum Gasteiger partial charge on any atom is -0.449 e. The molecule has 1 aromatic rings. The van der Waals surface area contributed by atoms with Gasteiger partial charge in [0.25, 0.3) is 0 Å². The molecule has 1 saturated heterocycles. The van der Waals surface area contributed by atoms with Crippen LogP contribution in [-0.2, 0) is 4.74 Å². The first-order chi connectivity index (χ1) is 10.7. The molecule has 0 bridgehead atoms. The lowest BCUT2D eigenvalue weighted by Crippen LogP contribution is -2.30. The SMILES string of the molecule is CCCCOC(=O)N1CC(N=[N+]=[N-])C(c2ccc(C)cc2)C1. The molecule has 2 atom stereocenters. The van der Waals surface area contributed by atoms with Gasteiger partial charge in [0.05, 0.1) is 12.6 Å². The second-order valence-electron chi connectivity index (χ2n) is 5.66. The quantitative estimate of drug-likeness (QED) is 0.356. The zero-order valence-electron chi connectivity index (χ0n) is 13.1. The lowest BCUT2D eigenvalue weighted by molar-refractivity contribution is 0.108. The highest BCUT2D eigenvalue weighted by Crippen LogP contribution is 2.30. The number of aryl methyl sites for hydroxylation is 1. The number of hydrogen-bond donors (Lipinski definition) is 0. The molecule has 0 radical (unpaired) electrons. The number of carbonyl (C=O) groups excluding carboxylic acids is 1. The lowest BCUT2D eigenvalue weighted by atomic mass is 9.94. The monoisotopic (exact) mass is 302 g/mol. The zero-order chi connectivity index (χ0) is 15.9. The second kappa shape index (κ2) is 7.71. The van der Waals surface area contributed by atoms with E-state index in [9.17, 15) is 4.79 Å². The van der Waals surface area contributed by atoms with Crippen LogP contribution in [0.4, 0.5) is 4.79 Å². The molecule has 0 spiro atoms. The molecule has 1 aliphatic heterocycles. The molecule has 1 fully saturated rings. The molecule has 2 rings (SSSR count). The molecule has 1 amide bonds. The summed E-state index contributed by atoms with van der Waals surface area (Å²) in [6.45, 7) is 5.45. The molecule has 118 valence electrons. The Labute approximate surface area is 130 Å². The van der Waals surface area contributed by atoms with Crippen LogP contribution in [0.25, 0.3) is 10.4 Å². The number of amides is 1. The first kappa shape index (κ1) is 16.2. The van der Waals surface area contributed by atoms with Gasteiger partial charge in [-0.1, -0.05) is 48.3 Å². The Bertz CT molecular complexity index is 552. The molecule has 6 heteroatoms. The number of likely N-dealkylation sites (tertiary alicyclic amines) is 1. The van der Waals surface area contributed by atoms with Gasteiger partial charge in [-0.25, -0.2) is 4.79 Å². The number of unbranched alkanes of at least 4 members (excludes halogenated alkanes) is 1. The van der Waals surface area contributed by atoms with Crippen LogP contribution in [0.15, 0.2) is 29.4 Å². The first-order valence-corrected chi connectivity index (χ1v) is 7.68. The molecule has 0 aliphatic carbocycles. The third-order valence-corrected chi connectivity index (χ3v) is 3.98. The summed E-state index contributed by atoms with van der Waals surface area (Å²) >= 11 is 0. The van der Waals surface area contributed by atoms with E-state index in [1.807, 2.05) is 31.2 Å². The fourth-order valence-electron chi connectivity index (χ4n) is 2.66. The molecular weight excluding hydrogens is 280 g/mol. The summed E-state index contributed by atoms with van der Waals surface area (Å²) in [6.07, 6.45) is 1.53. The largest absolute Gasteiger partial charge is 0.449 e. The van der Waals surface area contributed by atoms with Gasteiger partial charge in [0.2, 0.25) is 0 Å². The highest BCUT2D eigenvalue weighted by molar-refractivity contribution is 5.68. The van der Waals surface area contributed by atoms with Crippen molar-refractivity contribution in [1.29, 1.82) is 0 Å². The summed E-state index contributed by atoms with van der Waals surface area (Å²) in [5, 5.41) is 3.86. The van der Waals surface area contributed by atoms with Crippen molar-refractivity contribution in [2.45, 2.75) is 38.6 Å². The van der Waals surface area contributed by atoms with E-state index in [0.29, 0.717) is 19.7 Å². The Morgan fingerprint density at radius 1 is 1.41 bits per heavy atom. The molecule has 1 aliphatic rings. The fraction of sp³-hybridized carbons (Fsp3) is 0.562. The summed E-state index contributed by atoms with van der Waals surface area (Å²) in [6, 6.07) is 7.89. The predicted molar refractivity (Wildman–Crippen MR) is 84.7 cm³/mol. The number of rotatable bonds is 5. The van der Waals surface area contributed by atoms with Crippen LogP contribution in [0.5, 0.6) is 0 Å². The molecule has 6 nitrogen and oxygen atoms in total. The summed E-state index contributed by atoms with van der Waals surface area (Å²) in [7, 11) is 0. The third-order valence-electron chi connectivity index (χ3n) is 3.98. The minimum absolute atomic E-state index is 0.0234. The number of benzene rings is 1. The van der Waals surface area contributed by atoms with Gasteiger partial charge in [-0.2, -0.15) is 0 Å². The highest BCUT2D eigenvalue weighted by Gasteiger charge is 2.36. The van der Waals surface area contributed by atoms with Crippen molar-refractivity contribution in [1.82, 2.24) is 4.90 Å². The summed E-state index contributed by atoms with van der Waals surface area (Å²) in [5.41, 5.74) is 11.0. The van der Waals surface area contributed by atoms with E-state index in [1.165, 1.54) is 5.56 Å². The molecule has 0 aromatic heterocycles. The van der Waals surface area contributed by atoms with Crippen molar-refractivity contribution in [2.75, 3.05) is 19.7 Å². The lowest BCUT2D eigenvalue weighted by Gasteiger charge is -2.16. The number of ether oxygens (including phenoxy) is 1. The van der Waals surface area contributed by atoms with Crippen LogP contribution in [0, 0.1) is 6.92 Å². The zero-order valence-corrected chi connectivity index (χ0v) is 13.1. The summed E-state index contributed by atoms with van der Waals surface area (Å²) in [4.78, 5) is 16.6. The van der Waals surface area contributed by atoms with Gasteiger partial charge < -0.3 is 9.64 Å². The predicted octanol–water partition coefficient (Wildman–Crippen LogP) is 4.01. The first-order valence-electron chi connectivity index (χ1n) is 7.68. The van der Waals surface area contributed by atoms with Crippen molar-refractivity contribution < 1.29 is 9.53 Å². The van der Waals surface area contributed by atoms with Crippen LogP contribution in [0.3, 0.4) is 0 Å². The maximum atomic E-state index is 12.1. The van der Waals surface area contributed by atoms with E-state index in [4.69, 9.17) is 10.3 Å².